The molecule has 0 saturated heterocycles. The van der Waals surface area contributed by atoms with Crippen LogP contribution in [0, 0.1) is 4.91 Å². The molecule has 1 atom stereocenters. The second kappa shape index (κ2) is 7.82. The Morgan fingerprint density at radius 3 is 2.53 bits per heavy atom. The summed E-state index contributed by atoms with van der Waals surface area (Å²) < 4.78 is 0. The minimum atomic E-state index is 0.222. The second-order valence-corrected chi connectivity index (χ2v) is 4.51. The van der Waals surface area contributed by atoms with Crippen LogP contribution in [-0.2, 0) is 6.54 Å². The summed E-state index contributed by atoms with van der Waals surface area (Å²) in [5, 5.41) is 4.79. The first-order chi connectivity index (χ1) is 8.27. The molecular weight excluding hydrogens is 212 g/mol. The first-order valence-electron chi connectivity index (χ1n) is 6.41. The van der Waals surface area contributed by atoms with Gasteiger partial charge in [-0.05, 0) is 18.9 Å². The van der Waals surface area contributed by atoms with Gasteiger partial charge < -0.3 is 0 Å². The Hall–Kier alpha value is -1.38. The van der Waals surface area contributed by atoms with Crippen LogP contribution in [0.3, 0.4) is 0 Å². The molecule has 0 spiro atoms. The van der Waals surface area contributed by atoms with Gasteiger partial charge in [0, 0.05) is 6.04 Å². The third-order valence-electron chi connectivity index (χ3n) is 3.03. The number of hydrogen-bond donors (Lipinski definition) is 0. The van der Waals surface area contributed by atoms with Crippen LogP contribution in [0.4, 0.5) is 0 Å². The molecule has 0 aromatic heterocycles. The van der Waals surface area contributed by atoms with E-state index in [0.717, 1.165) is 12.0 Å². The minimum absolute atomic E-state index is 0.222. The highest BCUT2D eigenvalue weighted by Gasteiger charge is 2.12. The van der Waals surface area contributed by atoms with E-state index < -0.39 is 0 Å². The molecule has 0 heterocycles. The monoisotopic (exact) mass is 234 g/mol. The number of hydrogen-bond acceptors (Lipinski definition) is 2. The summed E-state index contributed by atoms with van der Waals surface area (Å²) in [7, 11) is 0. The predicted octanol–water partition coefficient (Wildman–Crippen LogP) is 4.14. The number of nitroso groups, excluding NO2 is 1. The van der Waals surface area contributed by atoms with E-state index in [4.69, 9.17) is 0 Å². The van der Waals surface area contributed by atoms with E-state index in [9.17, 15) is 4.91 Å². The molecule has 0 aliphatic heterocycles. The fraction of sp³-hybridized carbons (Fsp3) is 0.571. The van der Waals surface area contributed by atoms with Gasteiger partial charge in [-0.15, -0.1) is 4.91 Å². The molecule has 1 rings (SSSR count). The Morgan fingerprint density at radius 1 is 1.24 bits per heavy atom. The van der Waals surface area contributed by atoms with Crippen LogP contribution in [0.5, 0.6) is 0 Å². The zero-order valence-corrected chi connectivity index (χ0v) is 10.8. The van der Waals surface area contributed by atoms with Crippen molar-refractivity contribution in [2.24, 2.45) is 5.29 Å². The molecule has 0 bridgehead atoms. The van der Waals surface area contributed by atoms with Crippen molar-refractivity contribution in [2.75, 3.05) is 0 Å². The SMILES string of the molecule is CCCCCC(C)N(Cc1ccccc1)N=O. The Labute approximate surface area is 104 Å². The summed E-state index contributed by atoms with van der Waals surface area (Å²) in [5.41, 5.74) is 1.13. The number of nitrogens with zero attached hydrogens (tertiary/aromatic N) is 2. The highest BCUT2D eigenvalue weighted by Crippen LogP contribution is 2.13. The van der Waals surface area contributed by atoms with E-state index >= 15 is 0 Å². The fourth-order valence-corrected chi connectivity index (χ4v) is 1.87. The molecule has 1 aromatic carbocycles. The first-order valence-corrected chi connectivity index (χ1v) is 6.41. The number of rotatable bonds is 8. The largest absolute Gasteiger partial charge is 0.254 e. The van der Waals surface area contributed by atoms with Crippen LogP contribution in [0.2, 0.25) is 0 Å². The van der Waals surface area contributed by atoms with Crippen LogP contribution in [0.1, 0.15) is 45.1 Å². The van der Waals surface area contributed by atoms with Crippen molar-refractivity contribution in [2.45, 2.75) is 52.1 Å². The van der Waals surface area contributed by atoms with Crippen molar-refractivity contribution in [3.8, 4) is 0 Å². The van der Waals surface area contributed by atoms with Crippen molar-refractivity contribution in [1.29, 1.82) is 0 Å². The van der Waals surface area contributed by atoms with Gasteiger partial charge >= 0.3 is 0 Å². The lowest BCUT2D eigenvalue weighted by molar-refractivity contribution is 0.193. The van der Waals surface area contributed by atoms with E-state index in [2.05, 4.69) is 19.1 Å². The average Bonchev–Trinajstić information content (AvgIpc) is 2.37. The maximum atomic E-state index is 10.9. The van der Waals surface area contributed by atoms with Gasteiger partial charge in [-0.25, -0.2) is 0 Å². The number of benzene rings is 1. The molecule has 0 amide bonds. The van der Waals surface area contributed by atoms with Crippen LogP contribution in [-0.4, -0.2) is 11.1 Å². The predicted molar refractivity (Wildman–Crippen MR) is 71.4 cm³/mol. The average molecular weight is 234 g/mol. The first kappa shape index (κ1) is 13.7. The molecule has 3 heteroatoms. The Bertz CT molecular complexity index is 313. The van der Waals surface area contributed by atoms with Crippen molar-refractivity contribution < 1.29 is 0 Å². The third kappa shape index (κ3) is 4.98. The maximum absolute atomic E-state index is 10.9. The van der Waals surface area contributed by atoms with Crippen LogP contribution in [0.15, 0.2) is 35.6 Å². The zero-order chi connectivity index (χ0) is 12.5. The topological polar surface area (TPSA) is 32.7 Å². The van der Waals surface area contributed by atoms with Gasteiger partial charge in [-0.3, -0.25) is 5.01 Å². The van der Waals surface area contributed by atoms with Crippen LogP contribution in [0.25, 0.3) is 0 Å². The molecule has 0 N–H and O–H groups in total. The van der Waals surface area contributed by atoms with Gasteiger partial charge in [0.05, 0.1) is 11.8 Å². The molecule has 0 saturated carbocycles. The smallest absolute Gasteiger partial charge is 0.0645 e. The van der Waals surface area contributed by atoms with Gasteiger partial charge in [0.25, 0.3) is 0 Å². The standard InChI is InChI=1S/C14H22N2O/c1-3-4-6-9-13(2)16(15-17)12-14-10-7-5-8-11-14/h5,7-8,10-11,13H,3-4,6,9,12H2,1-2H3. The molecule has 1 unspecified atom stereocenters. The normalized spacial score (nSPS) is 12.1. The van der Waals surface area contributed by atoms with Gasteiger partial charge in [0.2, 0.25) is 0 Å². The third-order valence-corrected chi connectivity index (χ3v) is 3.03. The van der Waals surface area contributed by atoms with E-state index in [0.29, 0.717) is 6.54 Å². The minimum Gasteiger partial charge on any atom is -0.254 e. The van der Waals surface area contributed by atoms with E-state index in [-0.39, 0.29) is 6.04 Å². The summed E-state index contributed by atoms with van der Waals surface area (Å²) in [5.74, 6) is 0. The Morgan fingerprint density at radius 2 is 1.94 bits per heavy atom. The quantitative estimate of drug-likeness (QED) is 0.385. The highest BCUT2D eigenvalue weighted by molar-refractivity contribution is 5.14. The highest BCUT2D eigenvalue weighted by atomic mass is 16.3. The molecular formula is C14H22N2O. The lowest BCUT2D eigenvalue weighted by atomic mass is 10.1. The second-order valence-electron chi connectivity index (χ2n) is 4.51. The van der Waals surface area contributed by atoms with Crippen molar-refractivity contribution in [1.82, 2.24) is 5.01 Å². The lowest BCUT2D eigenvalue weighted by Crippen LogP contribution is -2.27. The molecule has 3 nitrogen and oxygen atoms in total. The van der Waals surface area contributed by atoms with E-state index in [1.807, 2.05) is 30.3 Å². The summed E-state index contributed by atoms with van der Waals surface area (Å²) in [4.78, 5) is 10.9. The maximum Gasteiger partial charge on any atom is 0.0645 e. The molecule has 1 aromatic rings. The molecule has 0 aliphatic carbocycles. The summed E-state index contributed by atoms with van der Waals surface area (Å²) in [6, 6.07) is 10.2. The van der Waals surface area contributed by atoms with E-state index in [1.54, 1.807) is 5.01 Å². The fourth-order valence-electron chi connectivity index (χ4n) is 1.87. The summed E-state index contributed by atoms with van der Waals surface area (Å²) >= 11 is 0. The Kier molecular flexibility index (Phi) is 6.30. The lowest BCUT2D eigenvalue weighted by Gasteiger charge is -2.23. The summed E-state index contributed by atoms with van der Waals surface area (Å²) in [6.07, 6.45) is 4.63. The van der Waals surface area contributed by atoms with Crippen molar-refractivity contribution >= 4 is 0 Å². The molecule has 0 fully saturated rings. The summed E-state index contributed by atoms with van der Waals surface area (Å²) in [6.45, 7) is 4.86. The number of unbranched alkanes of at least 4 members (excludes halogenated alkanes) is 2. The zero-order valence-electron chi connectivity index (χ0n) is 10.8. The van der Waals surface area contributed by atoms with Gasteiger partial charge in [0.15, 0.2) is 0 Å². The molecule has 0 aliphatic rings. The van der Waals surface area contributed by atoms with Crippen LogP contribution >= 0.6 is 0 Å². The van der Waals surface area contributed by atoms with Gasteiger partial charge in [-0.1, -0.05) is 56.5 Å². The van der Waals surface area contributed by atoms with Gasteiger partial charge in [0.1, 0.15) is 0 Å². The van der Waals surface area contributed by atoms with E-state index in [1.165, 1.54) is 19.3 Å². The van der Waals surface area contributed by atoms with Crippen molar-refractivity contribution in [3.63, 3.8) is 0 Å². The Balaban J connectivity index is 2.45. The molecule has 0 radical (unpaired) electrons. The van der Waals surface area contributed by atoms with Crippen LogP contribution < -0.4 is 0 Å². The molecule has 17 heavy (non-hydrogen) atoms. The molecule has 94 valence electrons. The van der Waals surface area contributed by atoms with Gasteiger partial charge in [-0.2, -0.15) is 0 Å². The van der Waals surface area contributed by atoms with Crippen molar-refractivity contribution in [3.05, 3.63) is 40.8 Å².